The van der Waals surface area contributed by atoms with Crippen LogP contribution in [0.25, 0.3) is 0 Å². The molecule has 33 heavy (non-hydrogen) atoms. The smallest absolute Gasteiger partial charge is 0.241 e. The first kappa shape index (κ1) is 24.2. The summed E-state index contributed by atoms with van der Waals surface area (Å²) >= 11 is 10.4. The maximum Gasteiger partial charge on any atom is 0.241 e. The monoisotopic (exact) mass is 507 g/mol. The number of nitrogens with one attached hydrogen (secondary N) is 1. The van der Waals surface area contributed by atoms with Crippen molar-refractivity contribution in [2.45, 2.75) is 29.1 Å². The predicted molar refractivity (Wildman–Crippen MR) is 129 cm³/mol. The molecule has 0 unspecified atom stereocenters. The minimum Gasteiger partial charge on any atom is -0.379 e. The van der Waals surface area contributed by atoms with Crippen LogP contribution in [0.4, 0.5) is 0 Å². The number of hydrogen-bond acceptors (Lipinski definition) is 7. The number of nitrogens with zero attached hydrogens (tertiary/aromatic N) is 4. The summed E-state index contributed by atoms with van der Waals surface area (Å²) in [7, 11) is -3.83. The van der Waals surface area contributed by atoms with Gasteiger partial charge < -0.3 is 9.30 Å². The van der Waals surface area contributed by atoms with Gasteiger partial charge in [-0.05, 0) is 36.2 Å². The first-order valence-electron chi connectivity index (χ1n) is 10.7. The van der Waals surface area contributed by atoms with E-state index >= 15 is 0 Å². The Kier molecular flexibility index (Phi) is 8.05. The number of halogens is 1. The summed E-state index contributed by atoms with van der Waals surface area (Å²) in [6.07, 6.45) is 0.414. The maximum absolute atomic E-state index is 13.2. The van der Waals surface area contributed by atoms with Gasteiger partial charge in [-0.2, -0.15) is 0 Å². The first-order valence-corrected chi connectivity index (χ1v) is 13.0. The van der Waals surface area contributed by atoms with Crippen LogP contribution in [0.5, 0.6) is 0 Å². The third kappa shape index (κ3) is 6.34. The molecule has 8 nitrogen and oxygen atoms in total. The zero-order valence-electron chi connectivity index (χ0n) is 18.0. The molecule has 1 aliphatic heterocycles. The molecule has 176 valence electrons. The summed E-state index contributed by atoms with van der Waals surface area (Å²) in [5.41, 5.74) is 0.977. The minimum absolute atomic E-state index is 0.135. The molecular formula is C22H26ClN5O3S2. The minimum atomic E-state index is -3.83. The SMILES string of the molecule is O=S(=O)(N[C@H](Cc1ccccc1)c1nnc(S)n1CCN1CCOCC1)c1ccc(Cl)cc1. The molecule has 0 spiro atoms. The van der Waals surface area contributed by atoms with Crippen LogP contribution in [0.15, 0.2) is 64.6 Å². The number of ether oxygens (including phenoxy) is 1. The number of rotatable bonds is 9. The summed E-state index contributed by atoms with van der Waals surface area (Å²) in [5, 5.41) is 9.37. The lowest BCUT2D eigenvalue weighted by molar-refractivity contribution is 0.0359. The molecule has 11 heteroatoms. The lowest BCUT2D eigenvalue weighted by Crippen LogP contribution is -2.39. The zero-order valence-corrected chi connectivity index (χ0v) is 20.4. The summed E-state index contributed by atoms with van der Waals surface area (Å²) in [5.74, 6) is 0.523. The molecule has 0 saturated carbocycles. The second-order valence-electron chi connectivity index (χ2n) is 7.78. The Morgan fingerprint density at radius 2 is 1.73 bits per heavy atom. The molecule has 2 aromatic carbocycles. The van der Waals surface area contributed by atoms with Gasteiger partial charge in [0, 0.05) is 31.2 Å². The van der Waals surface area contributed by atoms with E-state index in [4.69, 9.17) is 16.3 Å². The third-order valence-corrected chi connectivity index (χ3v) is 7.59. The lowest BCUT2D eigenvalue weighted by Gasteiger charge is -2.27. The van der Waals surface area contributed by atoms with Gasteiger partial charge in [0.05, 0.1) is 24.2 Å². The van der Waals surface area contributed by atoms with Gasteiger partial charge in [0.25, 0.3) is 0 Å². The van der Waals surface area contributed by atoms with Crippen molar-refractivity contribution in [3.8, 4) is 0 Å². The van der Waals surface area contributed by atoms with Crippen molar-refractivity contribution >= 4 is 34.3 Å². The molecule has 4 rings (SSSR count). The fourth-order valence-corrected chi connectivity index (χ4v) is 5.32. The second-order valence-corrected chi connectivity index (χ2v) is 10.3. The van der Waals surface area contributed by atoms with Crippen LogP contribution in [-0.2, 0) is 27.7 Å². The molecule has 1 aliphatic rings. The molecule has 1 N–H and O–H groups in total. The van der Waals surface area contributed by atoms with Gasteiger partial charge in [-0.15, -0.1) is 22.8 Å². The fourth-order valence-electron chi connectivity index (χ4n) is 3.75. The van der Waals surface area contributed by atoms with E-state index in [0.717, 1.165) is 25.2 Å². The molecule has 1 saturated heterocycles. The van der Waals surface area contributed by atoms with Gasteiger partial charge in [0.1, 0.15) is 0 Å². The Morgan fingerprint density at radius 1 is 1.03 bits per heavy atom. The quantitative estimate of drug-likeness (QED) is 0.433. The summed E-state index contributed by atoms with van der Waals surface area (Å²) in [4.78, 5) is 2.43. The van der Waals surface area contributed by atoms with Crippen molar-refractivity contribution in [1.29, 1.82) is 0 Å². The standard InChI is InChI=1S/C22H26ClN5O3S2/c23-18-6-8-19(9-7-18)33(29,30)26-20(16-17-4-2-1-3-5-17)21-24-25-22(32)28(21)11-10-27-12-14-31-15-13-27/h1-9,20,26H,10-16H2,(H,25,32)/t20-/m1/s1. The van der Waals surface area contributed by atoms with E-state index in [0.29, 0.717) is 42.2 Å². The molecule has 0 amide bonds. The van der Waals surface area contributed by atoms with E-state index in [1.165, 1.54) is 12.1 Å². The summed E-state index contributed by atoms with van der Waals surface area (Å²) in [6.45, 7) is 4.49. The van der Waals surface area contributed by atoms with Crippen LogP contribution in [0.1, 0.15) is 17.4 Å². The average Bonchev–Trinajstić information content (AvgIpc) is 3.19. The van der Waals surface area contributed by atoms with Crippen LogP contribution >= 0.6 is 24.2 Å². The Morgan fingerprint density at radius 3 is 2.42 bits per heavy atom. The molecule has 3 aromatic rings. The summed E-state index contributed by atoms with van der Waals surface area (Å²) in [6, 6.07) is 15.1. The topological polar surface area (TPSA) is 89.3 Å². The van der Waals surface area contributed by atoms with Crippen molar-refractivity contribution in [3.63, 3.8) is 0 Å². The van der Waals surface area contributed by atoms with Crippen molar-refractivity contribution < 1.29 is 13.2 Å². The highest BCUT2D eigenvalue weighted by atomic mass is 35.5. The van der Waals surface area contributed by atoms with Crippen molar-refractivity contribution in [2.75, 3.05) is 32.8 Å². The predicted octanol–water partition coefficient (Wildman–Crippen LogP) is 2.81. The van der Waals surface area contributed by atoms with Crippen LogP contribution in [0, 0.1) is 0 Å². The highest BCUT2D eigenvalue weighted by molar-refractivity contribution is 7.89. The Hall–Kier alpha value is -1.95. The lowest BCUT2D eigenvalue weighted by atomic mass is 10.1. The van der Waals surface area contributed by atoms with Gasteiger partial charge in [-0.1, -0.05) is 41.9 Å². The van der Waals surface area contributed by atoms with Crippen LogP contribution < -0.4 is 4.72 Å². The van der Waals surface area contributed by atoms with Gasteiger partial charge >= 0.3 is 0 Å². The molecule has 1 atom stereocenters. The van der Waals surface area contributed by atoms with Crippen LogP contribution in [0.3, 0.4) is 0 Å². The Bertz CT molecular complexity index is 1150. The van der Waals surface area contributed by atoms with Crippen molar-refractivity contribution in [1.82, 2.24) is 24.4 Å². The van der Waals surface area contributed by atoms with Crippen molar-refractivity contribution in [2.24, 2.45) is 0 Å². The van der Waals surface area contributed by atoms with Gasteiger partial charge in [-0.25, -0.2) is 13.1 Å². The van der Waals surface area contributed by atoms with E-state index < -0.39 is 16.1 Å². The van der Waals surface area contributed by atoms with Gasteiger partial charge in [0.2, 0.25) is 10.0 Å². The third-order valence-electron chi connectivity index (χ3n) is 5.52. The molecule has 2 heterocycles. The normalized spacial score (nSPS) is 16.1. The fraction of sp³-hybridized carbons (Fsp3) is 0.364. The van der Waals surface area contributed by atoms with Crippen LogP contribution in [0.2, 0.25) is 5.02 Å². The molecule has 0 bridgehead atoms. The number of morpholine rings is 1. The second kappa shape index (κ2) is 11.0. The summed E-state index contributed by atoms with van der Waals surface area (Å²) < 4.78 is 36.5. The maximum atomic E-state index is 13.2. The molecule has 1 fully saturated rings. The zero-order chi connectivity index (χ0) is 23.3. The largest absolute Gasteiger partial charge is 0.379 e. The highest BCUT2D eigenvalue weighted by Gasteiger charge is 2.27. The van der Waals surface area contributed by atoms with Crippen molar-refractivity contribution in [3.05, 3.63) is 71.0 Å². The van der Waals surface area contributed by atoms with E-state index in [9.17, 15) is 8.42 Å². The van der Waals surface area contributed by atoms with Crippen LogP contribution in [-0.4, -0.2) is 60.9 Å². The number of sulfonamides is 1. The highest BCUT2D eigenvalue weighted by Crippen LogP contribution is 2.23. The Balaban J connectivity index is 1.61. The molecular weight excluding hydrogens is 482 g/mol. The number of thiol groups is 1. The van der Waals surface area contributed by atoms with E-state index in [1.54, 1.807) is 12.1 Å². The first-order chi connectivity index (χ1) is 15.9. The molecule has 1 aromatic heterocycles. The molecule has 0 radical (unpaired) electrons. The van der Waals surface area contributed by atoms with E-state index in [-0.39, 0.29) is 4.90 Å². The van der Waals surface area contributed by atoms with E-state index in [1.807, 2.05) is 34.9 Å². The number of hydrogen-bond donors (Lipinski definition) is 2. The van der Waals surface area contributed by atoms with Gasteiger partial charge in [-0.3, -0.25) is 4.90 Å². The molecule has 0 aliphatic carbocycles. The van der Waals surface area contributed by atoms with E-state index in [2.05, 4.69) is 32.4 Å². The number of benzene rings is 2. The van der Waals surface area contributed by atoms with Gasteiger partial charge in [0.15, 0.2) is 11.0 Å². The Labute approximate surface area is 204 Å². The average molecular weight is 508 g/mol. The number of aromatic nitrogens is 3.